The van der Waals surface area contributed by atoms with E-state index >= 15 is 0 Å². The minimum absolute atomic E-state index is 0.0713. The lowest BCUT2D eigenvalue weighted by atomic mass is 10.1. The summed E-state index contributed by atoms with van der Waals surface area (Å²) in [4.78, 5) is 27.1. The van der Waals surface area contributed by atoms with Crippen LogP contribution in [0.15, 0.2) is 48.5 Å². The number of hydrogen-bond donors (Lipinski definition) is 1. The molecule has 2 aromatic rings. The van der Waals surface area contributed by atoms with Gasteiger partial charge in [0.25, 0.3) is 0 Å². The fraction of sp³-hybridized carbons (Fsp3) is 0.364. The number of benzene rings is 2. The number of para-hydroxylation sites is 1. The fourth-order valence-electron chi connectivity index (χ4n) is 3.23. The fourth-order valence-corrected chi connectivity index (χ4v) is 4.29. The molecule has 0 aliphatic rings. The van der Waals surface area contributed by atoms with E-state index in [1.807, 2.05) is 0 Å². The first-order chi connectivity index (χ1) is 15.5. The molecule has 0 saturated carbocycles. The topological polar surface area (TPSA) is 90.0 Å². The number of amides is 2. The standard InChI is InChI=1S/C22H28F2N4O4S/c1-5-19(22(30)25-2)27(14-16-10-12-17(23)13-11-16)21(29)15-28(33(31,32)26(3)4)20-9-7-6-8-18(20)24/h6-13,19H,5,14-15H2,1-4H3,(H,25,30)/t19-/m1/s1. The van der Waals surface area contributed by atoms with Crippen LogP contribution < -0.4 is 9.62 Å². The monoisotopic (exact) mass is 482 g/mol. The molecule has 0 radical (unpaired) electrons. The molecule has 1 atom stereocenters. The van der Waals surface area contributed by atoms with Crippen LogP contribution in [0, 0.1) is 11.6 Å². The predicted molar refractivity (Wildman–Crippen MR) is 121 cm³/mol. The second-order valence-corrected chi connectivity index (χ2v) is 9.50. The largest absolute Gasteiger partial charge is 0.357 e. The molecule has 0 fully saturated rings. The summed E-state index contributed by atoms with van der Waals surface area (Å²) in [5, 5.41) is 2.50. The highest BCUT2D eigenvalue weighted by molar-refractivity contribution is 7.90. The van der Waals surface area contributed by atoms with Crippen LogP contribution in [0.4, 0.5) is 14.5 Å². The molecule has 33 heavy (non-hydrogen) atoms. The molecule has 0 unspecified atom stereocenters. The lowest BCUT2D eigenvalue weighted by molar-refractivity contribution is -0.140. The molecule has 0 spiro atoms. The van der Waals surface area contributed by atoms with Crippen LogP contribution in [0.1, 0.15) is 18.9 Å². The van der Waals surface area contributed by atoms with Crippen LogP contribution in [0.25, 0.3) is 0 Å². The third-order valence-electron chi connectivity index (χ3n) is 5.04. The molecule has 11 heteroatoms. The molecule has 0 aromatic heterocycles. The van der Waals surface area contributed by atoms with Gasteiger partial charge >= 0.3 is 10.2 Å². The van der Waals surface area contributed by atoms with Crippen molar-refractivity contribution in [3.8, 4) is 0 Å². The van der Waals surface area contributed by atoms with Gasteiger partial charge in [0, 0.05) is 27.7 Å². The van der Waals surface area contributed by atoms with Crippen molar-refractivity contribution in [1.82, 2.24) is 14.5 Å². The average Bonchev–Trinajstić information content (AvgIpc) is 2.78. The minimum atomic E-state index is -4.25. The Morgan fingerprint density at radius 2 is 1.64 bits per heavy atom. The van der Waals surface area contributed by atoms with Gasteiger partial charge in [0.05, 0.1) is 5.69 Å². The number of hydrogen-bond acceptors (Lipinski definition) is 4. The van der Waals surface area contributed by atoms with Gasteiger partial charge in [-0.2, -0.15) is 12.7 Å². The number of carbonyl (C=O) groups excluding carboxylic acids is 2. The lowest BCUT2D eigenvalue weighted by Gasteiger charge is -2.33. The molecule has 0 bridgehead atoms. The smallest absolute Gasteiger partial charge is 0.304 e. The van der Waals surface area contributed by atoms with E-state index in [9.17, 15) is 26.8 Å². The Morgan fingerprint density at radius 3 is 2.15 bits per heavy atom. The number of likely N-dealkylation sites (N-methyl/N-ethyl adjacent to an activating group) is 1. The number of nitrogens with zero attached hydrogens (tertiary/aromatic N) is 3. The van der Waals surface area contributed by atoms with Crippen LogP contribution in [0.3, 0.4) is 0 Å². The van der Waals surface area contributed by atoms with Crippen molar-refractivity contribution >= 4 is 27.7 Å². The summed E-state index contributed by atoms with van der Waals surface area (Å²) in [6, 6.07) is 9.67. The lowest BCUT2D eigenvalue weighted by Crippen LogP contribution is -2.53. The Hall–Kier alpha value is -3.05. The summed E-state index contributed by atoms with van der Waals surface area (Å²) >= 11 is 0. The maximum absolute atomic E-state index is 14.5. The first-order valence-corrected chi connectivity index (χ1v) is 11.6. The van der Waals surface area contributed by atoms with E-state index in [4.69, 9.17) is 0 Å². The average molecular weight is 483 g/mol. The summed E-state index contributed by atoms with van der Waals surface area (Å²) in [6.45, 7) is 0.893. The molecular formula is C22H28F2N4O4S. The van der Waals surface area contributed by atoms with Gasteiger partial charge in [0.1, 0.15) is 24.2 Å². The maximum atomic E-state index is 14.5. The van der Waals surface area contributed by atoms with Gasteiger partial charge < -0.3 is 10.2 Å². The third kappa shape index (κ3) is 6.26. The SMILES string of the molecule is CC[C@H](C(=O)NC)N(Cc1ccc(F)cc1)C(=O)CN(c1ccccc1F)S(=O)(=O)N(C)C. The van der Waals surface area contributed by atoms with E-state index in [0.29, 0.717) is 9.87 Å². The molecule has 0 aliphatic carbocycles. The number of nitrogens with one attached hydrogen (secondary N) is 1. The number of halogens is 2. The van der Waals surface area contributed by atoms with E-state index in [2.05, 4.69) is 5.32 Å². The Labute approximate surface area is 193 Å². The summed E-state index contributed by atoms with van der Waals surface area (Å²) < 4.78 is 55.3. The molecule has 1 N–H and O–H groups in total. The first kappa shape index (κ1) is 26.2. The molecule has 2 amide bonds. The molecule has 8 nitrogen and oxygen atoms in total. The second kappa shape index (κ2) is 11.2. The third-order valence-corrected chi connectivity index (χ3v) is 6.84. The van der Waals surface area contributed by atoms with Crippen molar-refractivity contribution in [1.29, 1.82) is 0 Å². The van der Waals surface area contributed by atoms with Crippen molar-refractivity contribution in [2.75, 3.05) is 32.0 Å². The van der Waals surface area contributed by atoms with E-state index in [1.165, 1.54) is 68.5 Å². The van der Waals surface area contributed by atoms with Gasteiger partial charge in [-0.25, -0.2) is 13.1 Å². The van der Waals surface area contributed by atoms with E-state index < -0.39 is 46.2 Å². The molecule has 0 heterocycles. The van der Waals surface area contributed by atoms with Crippen LogP contribution in [0.5, 0.6) is 0 Å². The van der Waals surface area contributed by atoms with Gasteiger partial charge in [0.2, 0.25) is 11.8 Å². The second-order valence-electron chi connectivity index (χ2n) is 7.43. The van der Waals surface area contributed by atoms with Crippen LogP contribution in [-0.2, 0) is 26.3 Å². The van der Waals surface area contributed by atoms with E-state index in [-0.39, 0.29) is 18.7 Å². The van der Waals surface area contributed by atoms with Gasteiger partial charge in [0.15, 0.2) is 0 Å². The molecule has 2 aromatic carbocycles. The Kier molecular flexibility index (Phi) is 8.89. The normalized spacial score (nSPS) is 12.3. The Bertz CT molecular complexity index is 1080. The Morgan fingerprint density at radius 1 is 1.03 bits per heavy atom. The van der Waals surface area contributed by atoms with Gasteiger partial charge in [-0.3, -0.25) is 9.59 Å². The summed E-state index contributed by atoms with van der Waals surface area (Å²) in [7, 11) is -0.292. The van der Waals surface area contributed by atoms with Crippen molar-refractivity contribution in [2.45, 2.75) is 25.9 Å². The van der Waals surface area contributed by atoms with Gasteiger partial charge in [-0.1, -0.05) is 31.2 Å². The molecule has 2 rings (SSSR count). The summed E-state index contributed by atoms with van der Waals surface area (Å²) in [6.07, 6.45) is 0.243. The molecular weight excluding hydrogens is 454 g/mol. The summed E-state index contributed by atoms with van der Waals surface area (Å²) in [5.41, 5.74) is 0.245. The number of rotatable bonds is 10. The van der Waals surface area contributed by atoms with Crippen LogP contribution in [0.2, 0.25) is 0 Å². The Balaban J connectivity index is 2.50. The first-order valence-electron chi connectivity index (χ1n) is 10.2. The quantitative estimate of drug-likeness (QED) is 0.562. The van der Waals surface area contributed by atoms with Gasteiger partial charge in [-0.05, 0) is 36.2 Å². The highest BCUT2D eigenvalue weighted by atomic mass is 32.2. The van der Waals surface area contributed by atoms with Gasteiger partial charge in [-0.15, -0.1) is 0 Å². The minimum Gasteiger partial charge on any atom is -0.357 e. The highest BCUT2D eigenvalue weighted by Gasteiger charge is 2.34. The molecule has 0 saturated heterocycles. The van der Waals surface area contributed by atoms with Crippen molar-refractivity contribution in [2.24, 2.45) is 0 Å². The highest BCUT2D eigenvalue weighted by Crippen LogP contribution is 2.24. The van der Waals surface area contributed by atoms with Crippen LogP contribution >= 0.6 is 0 Å². The van der Waals surface area contributed by atoms with Crippen molar-refractivity contribution in [3.05, 3.63) is 65.7 Å². The van der Waals surface area contributed by atoms with Crippen molar-refractivity contribution < 1.29 is 26.8 Å². The number of carbonyl (C=O) groups is 2. The van der Waals surface area contributed by atoms with Crippen LogP contribution in [-0.4, -0.2) is 63.2 Å². The van der Waals surface area contributed by atoms with Crippen molar-refractivity contribution in [3.63, 3.8) is 0 Å². The zero-order valence-corrected chi connectivity index (χ0v) is 19.8. The molecule has 180 valence electrons. The van der Waals surface area contributed by atoms with E-state index in [1.54, 1.807) is 6.92 Å². The summed E-state index contributed by atoms with van der Waals surface area (Å²) in [5.74, 6) is -2.44. The maximum Gasteiger partial charge on any atom is 0.304 e. The zero-order chi connectivity index (χ0) is 24.8. The number of anilines is 1. The predicted octanol–water partition coefficient (Wildman–Crippen LogP) is 2.13. The molecule has 0 aliphatic heterocycles. The zero-order valence-electron chi connectivity index (χ0n) is 19.0. The van der Waals surface area contributed by atoms with E-state index in [0.717, 1.165) is 10.4 Å².